The lowest BCUT2D eigenvalue weighted by atomic mass is 9.73. The first kappa shape index (κ1) is 22.6. The number of nitrogens with zero attached hydrogens (tertiary/aromatic N) is 1. The van der Waals surface area contributed by atoms with Gasteiger partial charge in [0.05, 0.1) is 17.0 Å². The van der Waals surface area contributed by atoms with Crippen LogP contribution >= 0.6 is 0 Å². The number of para-hydroxylation sites is 1. The van der Waals surface area contributed by atoms with Gasteiger partial charge in [0, 0.05) is 12.6 Å². The quantitative estimate of drug-likeness (QED) is 0.738. The summed E-state index contributed by atoms with van der Waals surface area (Å²) in [6.07, 6.45) is 5.66. The van der Waals surface area contributed by atoms with Crippen molar-refractivity contribution in [3.8, 4) is 5.75 Å². The zero-order valence-electron chi connectivity index (χ0n) is 18.7. The van der Waals surface area contributed by atoms with E-state index < -0.39 is 0 Å². The van der Waals surface area contributed by atoms with Gasteiger partial charge in [0.1, 0.15) is 12.4 Å². The average Bonchev–Trinajstić information content (AvgIpc) is 2.74. The molecule has 2 aliphatic rings. The van der Waals surface area contributed by atoms with E-state index in [-0.39, 0.29) is 23.3 Å². The van der Waals surface area contributed by atoms with E-state index in [9.17, 15) is 9.59 Å². The van der Waals surface area contributed by atoms with Gasteiger partial charge < -0.3 is 20.3 Å². The number of benzene rings is 1. The Balaban J connectivity index is 1.73. The highest BCUT2D eigenvalue weighted by Crippen LogP contribution is 2.38. The monoisotopic (exact) mass is 415 g/mol. The number of hydrogen-bond acceptors (Lipinski definition) is 4. The molecule has 1 aromatic carbocycles. The molecule has 1 atom stereocenters. The van der Waals surface area contributed by atoms with Crippen LogP contribution < -0.4 is 15.4 Å². The summed E-state index contributed by atoms with van der Waals surface area (Å²) in [6.45, 7) is 9.34. The minimum atomic E-state index is -0.291. The molecule has 0 radical (unpaired) electrons. The van der Waals surface area contributed by atoms with Crippen molar-refractivity contribution in [2.45, 2.75) is 71.4 Å². The zero-order chi connectivity index (χ0) is 21.6. The van der Waals surface area contributed by atoms with Gasteiger partial charge in [-0.15, -0.1) is 0 Å². The molecular formula is C24H37N3O3. The van der Waals surface area contributed by atoms with Gasteiger partial charge in [-0.1, -0.05) is 25.0 Å². The Kier molecular flexibility index (Phi) is 7.75. The second-order valence-electron chi connectivity index (χ2n) is 9.16. The summed E-state index contributed by atoms with van der Waals surface area (Å²) < 4.78 is 5.94. The lowest BCUT2D eigenvalue weighted by molar-refractivity contribution is -0.135. The first-order valence-corrected chi connectivity index (χ1v) is 11.5. The topological polar surface area (TPSA) is 70.7 Å². The average molecular weight is 416 g/mol. The fourth-order valence-electron chi connectivity index (χ4n) is 4.53. The molecule has 6 heteroatoms. The Labute approximate surface area is 180 Å². The van der Waals surface area contributed by atoms with Gasteiger partial charge in [-0.3, -0.25) is 9.59 Å². The number of ether oxygens (including phenoxy) is 1. The molecule has 0 aliphatic carbocycles. The van der Waals surface area contributed by atoms with E-state index in [1.807, 2.05) is 25.1 Å². The summed E-state index contributed by atoms with van der Waals surface area (Å²) in [5.41, 5.74) is 0.254. The van der Waals surface area contributed by atoms with Crippen molar-refractivity contribution >= 4 is 11.8 Å². The minimum Gasteiger partial charge on any atom is -0.491 e. The number of carbonyl (C=O) groups excluding carboxylic acids is 2. The van der Waals surface area contributed by atoms with Crippen LogP contribution in [-0.2, 0) is 4.79 Å². The Hall–Kier alpha value is -2.08. The van der Waals surface area contributed by atoms with Crippen LogP contribution in [-0.4, -0.2) is 55.0 Å². The predicted molar refractivity (Wildman–Crippen MR) is 119 cm³/mol. The third-order valence-electron chi connectivity index (χ3n) is 6.58. The molecule has 166 valence electrons. The van der Waals surface area contributed by atoms with Gasteiger partial charge in [-0.2, -0.15) is 0 Å². The highest BCUT2D eigenvalue weighted by atomic mass is 16.5. The normalized spacial score (nSPS) is 24.2. The Morgan fingerprint density at radius 1 is 1.07 bits per heavy atom. The maximum atomic E-state index is 13.4. The molecule has 2 aliphatic heterocycles. The first-order chi connectivity index (χ1) is 14.4. The number of rotatable bonds is 1. The molecule has 30 heavy (non-hydrogen) atoms. The standard InChI is InChI=1S/C24H37N3O3/c1-18(2)27-15-12-24(13-16-27)11-7-4-8-14-25-22(28)20-9-5-6-10-21(20)30-17-19(3)26-23(24)29/h5-6,9-10,18-19H,4,7-8,11-17H2,1-3H3,(H,25,28)(H,26,29)/t19-/m0/s1. The Bertz CT molecular complexity index is 726. The zero-order valence-corrected chi connectivity index (χ0v) is 18.7. The van der Waals surface area contributed by atoms with Crippen molar-refractivity contribution in [2.75, 3.05) is 26.2 Å². The van der Waals surface area contributed by atoms with E-state index in [2.05, 4.69) is 29.4 Å². The molecule has 1 saturated heterocycles. The van der Waals surface area contributed by atoms with E-state index >= 15 is 0 Å². The molecule has 0 aromatic heterocycles. The third kappa shape index (κ3) is 5.54. The number of amides is 2. The number of hydrogen-bond donors (Lipinski definition) is 2. The van der Waals surface area contributed by atoms with Crippen LogP contribution in [0.1, 0.15) is 69.7 Å². The molecule has 1 fully saturated rings. The molecular weight excluding hydrogens is 378 g/mol. The molecule has 1 spiro atoms. The predicted octanol–water partition coefficient (Wildman–Crippen LogP) is 3.36. The first-order valence-electron chi connectivity index (χ1n) is 11.5. The summed E-state index contributed by atoms with van der Waals surface area (Å²) in [7, 11) is 0. The van der Waals surface area contributed by atoms with Gasteiger partial charge in [-0.05, 0) is 71.7 Å². The van der Waals surface area contributed by atoms with Crippen molar-refractivity contribution in [1.82, 2.24) is 15.5 Å². The van der Waals surface area contributed by atoms with Crippen molar-refractivity contribution in [1.29, 1.82) is 0 Å². The summed E-state index contributed by atoms with van der Waals surface area (Å²) in [5, 5.41) is 6.22. The molecule has 6 nitrogen and oxygen atoms in total. The summed E-state index contributed by atoms with van der Waals surface area (Å²) in [5.74, 6) is 0.625. The van der Waals surface area contributed by atoms with Crippen molar-refractivity contribution in [3.05, 3.63) is 29.8 Å². The van der Waals surface area contributed by atoms with Gasteiger partial charge in [0.15, 0.2) is 0 Å². The van der Waals surface area contributed by atoms with E-state index in [0.717, 1.165) is 51.6 Å². The smallest absolute Gasteiger partial charge is 0.255 e. The number of likely N-dealkylation sites (tertiary alicyclic amines) is 1. The van der Waals surface area contributed by atoms with Gasteiger partial charge >= 0.3 is 0 Å². The van der Waals surface area contributed by atoms with E-state index in [1.165, 1.54) is 0 Å². The molecule has 0 bridgehead atoms. The van der Waals surface area contributed by atoms with Gasteiger partial charge in [0.25, 0.3) is 5.91 Å². The molecule has 2 N–H and O–H groups in total. The fraction of sp³-hybridized carbons (Fsp3) is 0.667. The summed E-state index contributed by atoms with van der Waals surface area (Å²) in [4.78, 5) is 28.4. The number of fused-ring (bicyclic) bond motifs is 1. The van der Waals surface area contributed by atoms with Crippen LogP contribution in [0.25, 0.3) is 0 Å². The number of piperidine rings is 1. The lowest BCUT2D eigenvalue weighted by Gasteiger charge is -2.42. The highest BCUT2D eigenvalue weighted by Gasteiger charge is 2.41. The van der Waals surface area contributed by atoms with Gasteiger partial charge in [-0.25, -0.2) is 0 Å². The van der Waals surface area contributed by atoms with E-state index in [4.69, 9.17) is 4.74 Å². The molecule has 2 heterocycles. The molecule has 0 unspecified atom stereocenters. The summed E-state index contributed by atoms with van der Waals surface area (Å²) in [6, 6.07) is 7.69. The van der Waals surface area contributed by atoms with Crippen molar-refractivity contribution in [3.63, 3.8) is 0 Å². The number of carbonyl (C=O) groups is 2. The van der Waals surface area contributed by atoms with Crippen LogP contribution in [0.2, 0.25) is 0 Å². The fourth-order valence-corrected chi connectivity index (χ4v) is 4.53. The summed E-state index contributed by atoms with van der Waals surface area (Å²) >= 11 is 0. The maximum absolute atomic E-state index is 13.4. The van der Waals surface area contributed by atoms with Crippen LogP contribution in [0.3, 0.4) is 0 Å². The molecule has 2 amide bonds. The largest absolute Gasteiger partial charge is 0.491 e. The van der Waals surface area contributed by atoms with Crippen LogP contribution in [0, 0.1) is 5.41 Å². The van der Waals surface area contributed by atoms with Crippen LogP contribution in [0.15, 0.2) is 24.3 Å². The lowest BCUT2D eigenvalue weighted by Crippen LogP contribution is -2.52. The van der Waals surface area contributed by atoms with E-state index in [0.29, 0.717) is 30.5 Å². The highest BCUT2D eigenvalue weighted by molar-refractivity contribution is 5.96. The SMILES string of the molecule is CC(C)N1CCC2(CCCCCNC(=O)c3ccccc3OC[C@H](C)NC2=O)CC1. The maximum Gasteiger partial charge on any atom is 0.255 e. The number of nitrogens with one attached hydrogen (secondary N) is 2. The molecule has 0 saturated carbocycles. The second kappa shape index (κ2) is 10.3. The van der Waals surface area contributed by atoms with E-state index in [1.54, 1.807) is 6.07 Å². The van der Waals surface area contributed by atoms with Crippen molar-refractivity contribution in [2.24, 2.45) is 5.41 Å². The molecule has 1 aromatic rings. The third-order valence-corrected chi connectivity index (χ3v) is 6.58. The van der Waals surface area contributed by atoms with Crippen molar-refractivity contribution < 1.29 is 14.3 Å². The van der Waals surface area contributed by atoms with Crippen LogP contribution in [0.4, 0.5) is 0 Å². The second-order valence-corrected chi connectivity index (χ2v) is 9.16. The Morgan fingerprint density at radius 3 is 2.53 bits per heavy atom. The van der Waals surface area contributed by atoms with Crippen LogP contribution in [0.5, 0.6) is 5.75 Å². The van der Waals surface area contributed by atoms with Gasteiger partial charge in [0.2, 0.25) is 5.91 Å². The Morgan fingerprint density at radius 2 is 1.80 bits per heavy atom. The minimum absolute atomic E-state index is 0.102. The molecule has 3 rings (SSSR count).